The van der Waals surface area contributed by atoms with E-state index in [-0.39, 0.29) is 11.6 Å². The maximum Gasteiger partial charge on any atom is 3.00 e. The molecule has 0 aromatic heterocycles. The monoisotopic (exact) mass is 253 g/mol. The van der Waals surface area contributed by atoms with Crippen LogP contribution in [0.15, 0.2) is 0 Å². The average molecular weight is 253 g/mol. The van der Waals surface area contributed by atoms with E-state index in [0.717, 1.165) is 5.92 Å². The number of rotatable bonds is 0. The highest BCUT2D eigenvalue weighted by Crippen LogP contribution is 2.30. The van der Waals surface area contributed by atoms with Gasteiger partial charge in [-0.1, -0.05) is 6.92 Å². The number of piperidine rings is 1. The van der Waals surface area contributed by atoms with Gasteiger partial charge >= 0.3 is 20.2 Å². The Labute approximate surface area is 99.2 Å². The van der Waals surface area contributed by atoms with Crippen molar-refractivity contribution in [1.29, 1.82) is 0 Å². The van der Waals surface area contributed by atoms with E-state index < -0.39 is 8.60 Å². The Bertz CT molecular complexity index is 155. The minimum atomic E-state index is -2.62. The summed E-state index contributed by atoms with van der Waals surface area (Å²) in [4.78, 5) is 24.2. The molecule has 0 aliphatic carbocycles. The second kappa shape index (κ2) is 9.02. The minimum absolute atomic E-state index is 0. The van der Waals surface area contributed by atoms with Gasteiger partial charge in [-0.2, -0.15) is 0 Å². The van der Waals surface area contributed by atoms with E-state index in [4.69, 9.17) is 14.7 Å². The normalized spacial score (nSPS) is 23.6. The molecule has 16 heavy (non-hydrogen) atoms. The molecule has 7 heteroatoms. The van der Waals surface area contributed by atoms with E-state index in [0.29, 0.717) is 5.54 Å². The molecule has 6 radical (unpaired) electrons. The first-order valence-corrected chi connectivity index (χ1v) is 6.06. The Balaban J connectivity index is -0.000000249. The van der Waals surface area contributed by atoms with Crippen molar-refractivity contribution in [3.63, 3.8) is 0 Å². The SMILES string of the molecule is CC1CCCN(C)C1(C)C.OP(O)O.[N+3].[O+2]. The lowest BCUT2D eigenvalue weighted by molar-refractivity contribution is 0.0547. The van der Waals surface area contributed by atoms with E-state index in [2.05, 4.69) is 32.7 Å². The standard InChI is InChI=1S/C9H19N.N.H3O3P.O/c1-8-6-5-7-10(4)9(8,2)3;;1-4(2)3;/h8H,5-7H2,1-4H3;;1-3H;/q;+3;;+2. The van der Waals surface area contributed by atoms with Gasteiger partial charge in [-0.15, -0.1) is 0 Å². The van der Waals surface area contributed by atoms with Crippen molar-refractivity contribution in [1.82, 2.24) is 11.1 Å². The molecular formula is C9H22N2O4P+5. The van der Waals surface area contributed by atoms with Crippen LogP contribution < -0.4 is 6.15 Å². The van der Waals surface area contributed by atoms with Gasteiger partial charge in [-0.05, 0) is 46.2 Å². The van der Waals surface area contributed by atoms with Crippen LogP contribution >= 0.6 is 8.60 Å². The molecule has 0 saturated carbocycles. The summed E-state index contributed by atoms with van der Waals surface area (Å²) in [5.41, 5.74) is 0.429. The summed E-state index contributed by atoms with van der Waals surface area (Å²) in [6.45, 7) is 8.32. The summed E-state index contributed by atoms with van der Waals surface area (Å²) >= 11 is 0. The highest BCUT2D eigenvalue weighted by atomic mass is 31.2. The Morgan fingerprint density at radius 1 is 1.25 bits per heavy atom. The van der Waals surface area contributed by atoms with Gasteiger partial charge in [0.05, 0.1) is 0 Å². The summed E-state index contributed by atoms with van der Waals surface area (Å²) in [6, 6.07) is 0. The van der Waals surface area contributed by atoms with Crippen molar-refractivity contribution in [2.24, 2.45) is 5.92 Å². The minimum Gasteiger partial charge on any atom is -0.328 e. The molecule has 1 heterocycles. The molecule has 1 aliphatic heterocycles. The van der Waals surface area contributed by atoms with Gasteiger partial charge in [-0.25, -0.2) is 0 Å². The van der Waals surface area contributed by atoms with Crippen LogP contribution in [0, 0.1) is 5.92 Å². The molecule has 0 bridgehead atoms. The third-order valence-corrected chi connectivity index (χ3v) is 3.32. The second-order valence-corrected chi connectivity index (χ2v) is 4.92. The quantitative estimate of drug-likeness (QED) is 0.550. The second-order valence-electron chi connectivity index (χ2n) is 4.39. The summed E-state index contributed by atoms with van der Waals surface area (Å²) in [5.74, 6) is 0.853. The fourth-order valence-electron chi connectivity index (χ4n) is 1.65. The molecule has 1 aliphatic rings. The average Bonchev–Trinajstić information content (AvgIpc) is 2.00. The predicted molar refractivity (Wildman–Crippen MR) is 61.5 cm³/mol. The van der Waals surface area contributed by atoms with Crippen molar-refractivity contribution in [2.45, 2.75) is 39.2 Å². The summed E-state index contributed by atoms with van der Waals surface area (Å²) in [5, 5.41) is 0. The number of nitrogens with zero attached hydrogens (tertiary/aromatic N) is 2. The van der Waals surface area contributed by atoms with E-state index in [9.17, 15) is 0 Å². The third kappa shape index (κ3) is 7.25. The first-order chi connectivity index (χ1) is 6.28. The predicted octanol–water partition coefficient (Wildman–Crippen LogP) is 0.717. The fourth-order valence-corrected chi connectivity index (χ4v) is 1.65. The molecule has 6 nitrogen and oxygen atoms in total. The Morgan fingerprint density at radius 3 is 1.88 bits per heavy atom. The highest BCUT2D eigenvalue weighted by Gasteiger charge is 3.00. The molecule has 1 saturated heterocycles. The van der Waals surface area contributed by atoms with Crippen molar-refractivity contribution in [2.75, 3.05) is 13.6 Å². The van der Waals surface area contributed by atoms with Crippen LogP contribution in [0.25, 0.3) is 0 Å². The van der Waals surface area contributed by atoms with Crippen LogP contribution in [0.4, 0.5) is 0 Å². The van der Waals surface area contributed by atoms with Gasteiger partial charge < -0.3 is 19.6 Å². The number of hydrogen-bond acceptors (Lipinski definition) is 4. The van der Waals surface area contributed by atoms with Crippen LogP contribution in [0.1, 0.15) is 33.6 Å². The topological polar surface area (TPSA) is 123 Å². The first kappa shape index (κ1) is 21.2. The maximum absolute atomic E-state index is 7.23. The van der Waals surface area contributed by atoms with Gasteiger partial charge in [0.15, 0.2) is 0 Å². The van der Waals surface area contributed by atoms with Crippen molar-refractivity contribution >= 4 is 8.60 Å². The smallest absolute Gasteiger partial charge is 0.328 e. The van der Waals surface area contributed by atoms with Crippen LogP contribution in [0.2, 0.25) is 0 Å². The van der Waals surface area contributed by atoms with Gasteiger partial charge in [-0.3, -0.25) is 0 Å². The molecule has 0 aromatic carbocycles. The van der Waals surface area contributed by atoms with Crippen molar-refractivity contribution < 1.29 is 20.2 Å². The van der Waals surface area contributed by atoms with Crippen LogP contribution in [-0.2, 0) is 5.48 Å². The zero-order chi connectivity index (χ0) is 11.4. The lowest BCUT2D eigenvalue weighted by Gasteiger charge is -2.44. The lowest BCUT2D eigenvalue weighted by Crippen LogP contribution is -2.49. The number of likely N-dealkylation sites (tertiary alicyclic amines) is 1. The van der Waals surface area contributed by atoms with E-state index in [1.165, 1.54) is 19.4 Å². The Kier molecular flexibility index (Phi) is 12.0. The van der Waals surface area contributed by atoms with Crippen LogP contribution in [0.3, 0.4) is 0 Å². The van der Waals surface area contributed by atoms with Gasteiger partial charge in [0.25, 0.3) is 0 Å². The Hall–Kier alpha value is -0.0600. The highest BCUT2D eigenvalue weighted by molar-refractivity contribution is 7.38. The molecule has 1 unspecified atom stereocenters. The molecule has 0 spiro atoms. The summed E-state index contributed by atoms with van der Waals surface area (Å²) in [6.07, 6.45) is 2.78. The van der Waals surface area contributed by atoms with Crippen molar-refractivity contribution in [3.05, 3.63) is 0 Å². The third-order valence-electron chi connectivity index (χ3n) is 3.32. The fraction of sp³-hybridized carbons (Fsp3) is 1.00. The molecule has 1 rings (SSSR count). The molecule has 0 amide bonds. The molecule has 3 N–H and O–H groups in total. The zero-order valence-electron chi connectivity index (χ0n) is 10.3. The van der Waals surface area contributed by atoms with Crippen molar-refractivity contribution in [3.8, 4) is 0 Å². The zero-order valence-corrected chi connectivity index (χ0v) is 11.2. The molecule has 92 valence electrons. The van der Waals surface area contributed by atoms with E-state index in [1.54, 1.807) is 0 Å². The van der Waals surface area contributed by atoms with Gasteiger partial charge in [0.1, 0.15) is 0 Å². The maximum atomic E-state index is 7.23. The number of hydrogen-bond donors (Lipinski definition) is 3. The van der Waals surface area contributed by atoms with Gasteiger partial charge in [0, 0.05) is 5.54 Å². The summed E-state index contributed by atoms with van der Waals surface area (Å²) < 4.78 is 0. The largest absolute Gasteiger partial charge is 3.00 e. The molecule has 1 fully saturated rings. The molecule has 0 aromatic rings. The van der Waals surface area contributed by atoms with Crippen LogP contribution in [0.5, 0.6) is 0 Å². The Morgan fingerprint density at radius 2 is 1.62 bits per heavy atom. The molecule has 1 atom stereocenters. The summed E-state index contributed by atoms with van der Waals surface area (Å²) in [7, 11) is -0.389. The first-order valence-electron chi connectivity index (χ1n) is 4.86. The molecular weight excluding hydrogens is 231 g/mol. The lowest BCUT2D eigenvalue weighted by atomic mass is 9.81. The van der Waals surface area contributed by atoms with Crippen LogP contribution in [-0.4, -0.2) is 38.7 Å². The van der Waals surface area contributed by atoms with E-state index >= 15 is 0 Å². The van der Waals surface area contributed by atoms with Gasteiger partial charge in [0.2, 0.25) is 0 Å². The van der Waals surface area contributed by atoms with E-state index in [1.807, 2.05) is 0 Å².